The van der Waals surface area contributed by atoms with Gasteiger partial charge in [0, 0.05) is 28.4 Å². The molecule has 4 aromatic rings. The number of halogens is 1. The van der Waals surface area contributed by atoms with Crippen LogP contribution in [0.2, 0.25) is 5.02 Å². The first-order valence-electron chi connectivity index (χ1n) is 11.0. The molecule has 0 fully saturated rings. The molecule has 0 aliphatic rings. The minimum absolute atomic E-state index is 0.125. The second-order valence-electron chi connectivity index (χ2n) is 8.27. The third-order valence-electron chi connectivity index (χ3n) is 5.67. The number of pyridine rings is 2. The van der Waals surface area contributed by atoms with E-state index in [0.717, 1.165) is 10.9 Å². The molecule has 4 rings (SSSR count). The highest BCUT2D eigenvalue weighted by atomic mass is 35.5. The number of aromatic nitrogens is 2. The molecule has 0 saturated heterocycles. The standard InChI is InChI=1S/C26H23ClN4O5/c1-15-13-31(14-17-7-2-4-8-19(17)27)25(35)23(24(15)34)30-26(36)29-21(11-22(32)33)18-10-16-6-3-5-9-20(16)28-12-18/h2-10,12-13,21,34H,11,14H2,1H3,(H,32,33)(H2,29,30,36)/t21-/m0/s1. The number of fused-ring (bicyclic) bond motifs is 1. The highest BCUT2D eigenvalue weighted by Crippen LogP contribution is 2.25. The first kappa shape index (κ1) is 24.7. The maximum atomic E-state index is 13.1. The molecule has 10 heteroatoms. The van der Waals surface area contributed by atoms with Gasteiger partial charge < -0.3 is 25.4 Å². The maximum absolute atomic E-state index is 13.1. The van der Waals surface area contributed by atoms with Crippen LogP contribution < -0.4 is 16.2 Å². The van der Waals surface area contributed by atoms with Gasteiger partial charge in [-0.25, -0.2) is 4.79 Å². The molecule has 9 nitrogen and oxygen atoms in total. The lowest BCUT2D eigenvalue weighted by atomic mass is 10.0. The van der Waals surface area contributed by atoms with Gasteiger partial charge in [0.25, 0.3) is 5.56 Å². The molecule has 0 unspecified atom stereocenters. The number of anilines is 1. The van der Waals surface area contributed by atoms with Crippen molar-refractivity contribution < 1.29 is 19.8 Å². The average molecular weight is 507 g/mol. The second-order valence-corrected chi connectivity index (χ2v) is 8.68. The van der Waals surface area contributed by atoms with E-state index in [-0.39, 0.29) is 18.0 Å². The van der Waals surface area contributed by atoms with Crippen molar-refractivity contribution in [1.29, 1.82) is 0 Å². The minimum atomic E-state index is -1.13. The van der Waals surface area contributed by atoms with Gasteiger partial charge in [0.1, 0.15) is 5.75 Å². The number of carbonyl (C=O) groups is 2. The number of amides is 2. The molecular weight excluding hydrogens is 484 g/mol. The van der Waals surface area contributed by atoms with Gasteiger partial charge in [0.15, 0.2) is 5.69 Å². The summed E-state index contributed by atoms with van der Waals surface area (Å²) >= 11 is 6.22. The Morgan fingerprint density at radius 2 is 1.86 bits per heavy atom. The predicted octanol–water partition coefficient (Wildman–Crippen LogP) is 4.45. The molecule has 0 saturated carbocycles. The Hall–Kier alpha value is -4.37. The zero-order valence-electron chi connectivity index (χ0n) is 19.2. The molecule has 2 aromatic carbocycles. The Labute approximate surface area is 211 Å². The number of aliphatic carboxylic acids is 1. The lowest BCUT2D eigenvalue weighted by Gasteiger charge is -2.19. The van der Waals surface area contributed by atoms with E-state index in [1.807, 2.05) is 24.3 Å². The Morgan fingerprint density at radius 3 is 2.61 bits per heavy atom. The third kappa shape index (κ3) is 5.47. The van der Waals surface area contributed by atoms with Crippen LogP contribution in [0.1, 0.15) is 29.2 Å². The maximum Gasteiger partial charge on any atom is 0.319 e. The van der Waals surface area contributed by atoms with E-state index in [1.54, 1.807) is 37.3 Å². The largest absolute Gasteiger partial charge is 0.505 e. The van der Waals surface area contributed by atoms with E-state index in [2.05, 4.69) is 15.6 Å². The smallest absolute Gasteiger partial charge is 0.319 e. The van der Waals surface area contributed by atoms with E-state index in [1.165, 1.54) is 17.0 Å². The molecule has 2 heterocycles. The Kier molecular flexibility index (Phi) is 7.21. The summed E-state index contributed by atoms with van der Waals surface area (Å²) in [5.74, 6) is -1.51. The van der Waals surface area contributed by atoms with Crippen LogP contribution in [0.25, 0.3) is 10.9 Å². The number of para-hydroxylation sites is 1. The van der Waals surface area contributed by atoms with E-state index in [4.69, 9.17) is 11.6 Å². The summed E-state index contributed by atoms with van der Waals surface area (Å²) in [6.07, 6.45) is 2.55. The lowest BCUT2D eigenvalue weighted by molar-refractivity contribution is -0.137. The van der Waals surface area contributed by atoms with Crippen LogP contribution in [0.3, 0.4) is 0 Å². The summed E-state index contributed by atoms with van der Waals surface area (Å²) < 4.78 is 1.33. The molecule has 184 valence electrons. The topological polar surface area (TPSA) is 134 Å². The van der Waals surface area contributed by atoms with Gasteiger partial charge in [-0.2, -0.15) is 0 Å². The number of nitrogens with zero attached hydrogens (tertiary/aromatic N) is 2. The highest BCUT2D eigenvalue weighted by molar-refractivity contribution is 6.31. The molecular formula is C26H23ClN4O5. The fourth-order valence-electron chi connectivity index (χ4n) is 3.85. The van der Waals surface area contributed by atoms with Crippen molar-refractivity contribution in [3.05, 3.63) is 99.1 Å². The number of urea groups is 1. The number of carboxylic acid groups (broad SMARTS) is 1. The molecule has 2 aromatic heterocycles. The number of rotatable bonds is 7. The summed E-state index contributed by atoms with van der Waals surface area (Å²) in [4.78, 5) is 41.8. The van der Waals surface area contributed by atoms with Crippen molar-refractivity contribution in [3.8, 4) is 5.75 Å². The fourth-order valence-corrected chi connectivity index (χ4v) is 4.04. The number of hydrogen-bond donors (Lipinski definition) is 4. The van der Waals surface area contributed by atoms with Crippen molar-refractivity contribution >= 4 is 40.2 Å². The molecule has 0 bridgehead atoms. The second kappa shape index (κ2) is 10.5. The quantitative estimate of drug-likeness (QED) is 0.292. The summed E-state index contributed by atoms with van der Waals surface area (Å²) in [6, 6.07) is 14.3. The van der Waals surface area contributed by atoms with Crippen molar-refractivity contribution in [2.24, 2.45) is 0 Å². The molecule has 0 spiro atoms. The van der Waals surface area contributed by atoms with Gasteiger partial charge in [-0.05, 0) is 36.2 Å². The summed E-state index contributed by atoms with van der Waals surface area (Å²) in [5.41, 5.74) is 1.28. The van der Waals surface area contributed by atoms with E-state index in [0.29, 0.717) is 21.7 Å². The Balaban J connectivity index is 1.60. The van der Waals surface area contributed by atoms with Crippen molar-refractivity contribution in [2.75, 3.05) is 5.32 Å². The summed E-state index contributed by atoms with van der Waals surface area (Å²) in [6.45, 7) is 1.72. The van der Waals surface area contributed by atoms with Gasteiger partial charge in [-0.3, -0.25) is 14.6 Å². The van der Waals surface area contributed by atoms with Crippen LogP contribution in [-0.4, -0.2) is 31.8 Å². The molecule has 0 radical (unpaired) electrons. The minimum Gasteiger partial charge on any atom is -0.505 e. The normalized spacial score (nSPS) is 11.7. The van der Waals surface area contributed by atoms with Gasteiger partial charge in [0.05, 0.1) is 24.5 Å². The van der Waals surface area contributed by atoms with Crippen LogP contribution in [0, 0.1) is 6.92 Å². The van der Waals surface area contributed by atoms with Gasteiger partial charge in [-0.15, -0.1) is 0 Å². The number of carboxylic acids is 1. The molecule has 0 aliphatic carbocycles. The summed E-state index contributed by atoms with van der Waals surface area (Å²) in [7, 11) is 0. The predicted molar refractivity (Wildman–Crippen MR) is 137 cm³/mol. The van der Waals surface area contributed by atoms with Crippen molar-refractivity contribution in [2.45, 2.75) is 25.9 Å². The third-order valence-corrected chi connectivity index (χ3v) is 6.04. The molecule has 1 atom stereocenters. The molecule has 2 amide bonds. The van der Waals surface area contributed by atoms with Crippen LogP contribution in [0.15, 0.2) is 71.8 Å². The first-order valence-corrected chi connectivity index (χ1v) is 11.4. The van der Waals surface area contributed by atoms with Gasteiger partial charge in [0.2, 0.25) is 0 Å². The van der Waals surface area contributed by atoms with Gasteiger partial charge in [-0.1, -0.05) is 48.0 Å². The average Bonchev–Trinajstić information content (AvgIpc) is 2.85. The number of aryl methyl sites for hydroxylation is 1. The lowest BCUT2D eigenvalue weighted by Crippen LogP contribution is -2.36. The SMILES string of the molecule is Cc1cn(Cc2ccccc2Cl)c(=O)c(NC(=O)N[C@@H](CC(=O)O)c2cnc3ccccc3c2)c1O. The van der Waals surface area contributed by atoms with Crippen molar-refractivity contribution in [1.82, 2.24) is 14.9 Å². The van der Waals surface area contributed by atoms with E-state index < -0.39 is 30.0 Å². The van der Waals surface area contributed by atoms with Crippen LogP contribution in [0.4, 0.5) is 10.5 Å². The number of carbonyl (C=O) groups excluding carboxylic acids is 1. The van der Waals surface area contributed by atoms with Crippen LogP contribution >= 0.6 is 11.6 Å². The van der Waals surface area contributed by atoms with E-state index in [9.17, 15) is 24.6 Å². The zero-order valence-corrected chi connectivity index (χ0v) is 20.0. The molecule has 36 heavy (non-hydrogen) atoms. The Morgan fingerprint density at radius 1 is 1.14 bits per heavy atom. The Bertz CT molecular complexity index is 1520. The van der Waals surface area contributed by atoms with Crippen LogP contribution in [-0.2, 0) is 11.3 Å². The molecule has 4 N–H and O–H groups in total. The van der Waals surface area contributed by atoms with Crippen LogP contribution in [0.5, 0.6) is 5.75 Å². The van der Waals surface area contributed by atoms with Crippen molar-refractivity contribution in [3.63, 3.8) is 0 Å². The number of nitrogens with one attached hydrogen (secondary N) is 2. The highest BCUT2D eigenvalue weighted by Gasteiger charge is 2.22. The first-order chi connectivity index (χ1) is 17.2. The monoisotopic (exact) mass is 506 g/mol. The van der Waals surface area contributed by atoms with E-state index >= 15 is 0 Å². The fraction of sp³-hybridized carbons (Fsp3) is 0.154. The number of hydrogen-bond acceptors (Lipinski definition) is 5. The van der Waals surface area contributed by atoms with Gasteiger partial charge >= 0.3 is 12.0 Å². The molecule has 0 aliphatic heterocycles. The summed E-state index contributed by atoms with van der Waals surface area (Å²) in [5, 5.41) is 26.1. The number of benzene rings is 2. The zero-order chi connectivity index (χ0) is 25.8. The number of aromatic hydroxyl groups is 1.